The van der Waals surface area contributed by atoms with Crippen molar-refractivity contribution < 1.29 is 19.1 Å². The molecule has 1 fully saturated rings. The van der Waals surface area contributed by atoms with Gasteiger partial charge in [0, 0.05) is 24.0 Å². The lowest BCUT2D eigenvalue weighted by atomic mass is 10.1. The average molecular weight is 427 g/mol. The quantitative estimate of drug-likeness (QED) is 0.618. The number of likely N-dealkylation sites (tertiary alicyclic amines) is 1. The first kappa shape index (κ1) is 20.5. The number of nitrogens with zero attached hydrogens (tertiary/aromatic N) is 2. The van der Waals surface area contributed by atoms with Gasteiger partial charge in [0.15, 0.2) is 11.5 Å². The van der Waals surface area contributed by atoms with Crippen LogP contribution >= 0.6 is 11.3 Å². The molecular formula is C23H26N2O4S. The Bertz CT molecular complexity index is 962. The fourth-order valence-electron chi connectivity index (χ4n) is 3.99. The highest BCUT2D eigenvalue weighted by molar-refractivity contribution is 7.11. The Kier molecular flexibility index (Phi) is 6.08. The average Bonchev–Trinajstić information content (AvgIpc) is 3.36. The molecule has 0 bridgehead atoms. The van der Waals surface area contributed by atoms with E-state index in [0.29, 0.717) is 41.7 Å². The number of hydrogen-bond donors (Lipinski definition) is 0. The lowest BCUT2D eigenvalue weighted by Crippen LogP contribution is -2.37. The largest absolute Gasteiger partial charge is 0.490 e. The summed E-state index contributed by atoms with van der Waals surface area (Å²) in [6.07, 6.45) is 3.21. The van der Waals surface area contributed by atoms with Gasteiger partial charge in [-0.15, -0.1) is 11.3 Å². The van der Waals surface area contributed by atoms with Crippen molar-refractivity contribution in [1.29, 1.82) is 0 Å². The molecule has 1 aromatic heterocycles. The molecule has 7 heteroatoms. The van der Waals surface area contributed by atoms with Crippen LogP contribution in [0.2, 0.25) is 0 Å². The first-order valence-corrected chi connectivity index (χ1v) is 11.3. The number of piperidine rings is 1. The second kappa shape index (κ2) is 8.92. The molecule has 0 unspecified atom stereocenters. The van der Waals surface area contributed by atoms with Gasteiger partial charge in [-0.1, -0.05) is 6.07 Å². The van der Waals surface area contributed by atoms with E-state index in [0.717, 1.165) is 37.2 Å². The molecule has 6 nitrogen and oxygen atoms in total. The molecular weight excluding hydrogens is 400 g/mol. The van der Waals surface area contributed by atoms with E-state index in [1.807, 2.05) is 31.4 Å². The van der Waals surface area contributed by atoms with Crippen LogP contribution in [0.1, 0.15) is 38.0 Å². The third kappa shape index (κ3) is 3.69. The highest BCUT2D eigenvalue weighted by Gasteiger charge is 2.43. The van der Waals surface area contributed by atoms with Crippen LogP contribution in [-0.2, 0) is 9.59 Å². The first-order chi connectivity index (χ1) is 14.7. The van der Waals surface area contributed by atoms with Crippen LogP contribution in [0.15, 0.2) is 41.4 Å². The van der Waals surface area contributed by atoms with Crippen LogP contribution < -0.4 is 14.4 Å². The summed E-state index contributed by atoms with van der Waals surface area (Å²) in [6, 6.07) is 9.03. The molecule has 2 aliphatic heterocycles. The molecule has 0 N–H and O–H groups in total. The number of carbonyl (C=O) groups excluding carboxylic acids is 2. The van der Waals surface area contributed by atoms with Gasteiger partial charge in [-0.3, -0.25) is 9.59 Å². The van der Waals surface area contributed by atoms with E-state index in [-0.39, 0.29) is 11.8 Å². The highest BCUT2D eigenvalue weighted by Crippen LogP contribution is 2.40. The Morgan fingerprint density at radius 3 is 2.33 bits per heavy atom. The zero-order chi connectivity index (χ0) is 21.1. The van der Waals surface area contributed by atoms with Crippen molar-refractivity contribution in [3.05, 3.63) is 46.3 Å². The van der Waals surface area contributed by atoms with Gasteiger partial charge in [0.2, 0.25) is 0 Å². The molecule has 0 atom stereocenters. The van der Waals surface area contributed by atoms with Crippen molar-refractivity contribution in [3.8, 4) is 11.5 Å². The van der Waals surface area contributed by atoms with E-state index in [1.54, 1.807) is 18.2 Å². The fraction of sp³-hybridized carbons (Fsp3) is 0.391. The Morgan fingerprint density at radius 1 is 0.933 bits per heavy atom. The Labute approximate surface area is 180 Å². The highest BCUT2D eigenvalue weighted by atomic mass is 32.1. The number of hydrogen-bond acceptors (Lipinski definition) is 6. The second-order valence-electron chi connectivity index (χ2n) is 7.19. The zero-order valence-corrected chi connectivity index (χ0v) is 18.2. The second-order valence-corrected chi connectivity index (χ2v) is 8.14. The maximum absolute atomic E-state index is 13.5. The number of anilines is 1. The first-order valence-electron chi connectivity index (χ1n) is 10.5. The molecule has 3 heterocycles. The number of rotatable bonds is 7. The smallest absolute Gasteiger partial charge is 0.282 e. The van der Waals surface area contributed by atoms with Gasteiger partial charge in [0.05, 0.1) is 24.5 Å². The maximum Gasteiger partial charge on any atom is 0.282 e. The Hall–Kier alpha value is -2.80. The molecule has 0 spiro atoms. The van der Waals surface area contributed by atoms with Crippen LogP contribution in [0.4, 0.5) is 5.69 Å². The fourth-order valence-corrected chi connectivity index (χ4v) is 4.75. The van der Waals surface area contributed by atoms with Crippen molar-refractivity contribution in [2.24, 2.45) is 0 Å². The van der Waals surface area contributed by atoms with Crippen LogP contribution in [-0.4, -0.2) is 43.0 Å². The molecule has 1 saturated heterocycles. The predicted octanol–water partition coefficient (Wildman–Crippen LogP) is 4.32. The van der Waals surface area contributed by atoms with Gasteiger partial charge < -0.3 is 14.4 Å². The number of ether oxygens (including phenoxy) is 2. The van der Waals surface area contributed by atoms with Crippen molar-refractivity contribution in [2.45, 2.75) is 33.1 Å². The third-order valence-corrected chi connectivity index (χ3v) is 6.17. The molecule has 0 radical (unpaired) electrons. The van der Waals surface area contributed by atoms with E-state index in [1.165, 1.54) is 16.2 Å². The normalized spacial score (nSPS) is 17.1. The molecule has 158 valence electrons. The van der Waals surface area contributed by atoms with Crippen molar-refractivity contribution in [1.82, 2.24) is 4.90 Å². The Morgan fingerprint density at radius 2 is 1.67 bits per heavy atom. The van der Waals surface area contributed by atoms with Gasteiger partial charge >= 0.3 is 0 Å². The van der Waals surface area contributed by atoms with Gasteiger partial charge in [0.25, 0.3) is 11.8 Å². The van der Waals surface area contributed by atoms with E-state index in [4.69, 9.17) is 9.47 Å². The van der Waals surface area contributed by atoms with E-state index in [2.05, 4.69) is 4.90 Å². The van der Waals surface area contributed by atoms with Crippen molar-refractivity contribution >= 4 is 34.4 Å². The molecule has 0 aliphatic carbocycles. The summed E-state index contributed by atoms with van der Waals surface area (Å²) in [5.74, 6) is 0.581. The van der Waals surface area contributed by atoms with Gasteiger partial charge in [-0.05, 0) is 56.7 Å². The molecule has 2 aromatic rings. The summed E-state index contributed by atoms with van der Waals surface area (Å²) in [7, 11) is 0. The summed E-state index contributed by atoms with van der Waals surface area (Å²) in [4.78, 5) is 31.2. The molecule has 2 aliphatic rings. The monoisotopic (exact) mass is 426 g/mol. The van der Waals surface area contributed by atoms with E-state index >= 15 is 0 Å². The SMILES string of the molecule is CCOc1ccc(N2C(=O)C(c3cccs3)=C(N3CCCCC3)C2=O)cc1OCC. The molecule has 4 rings (SSSR count). The van der Waals surface area contributed by atoms with Crippen molar-refractivity contribution in [3.63, 3.8) is 0 Å². The predicted molar refractivity (Wildman–Crippen MR) is 118 cm³/mol. The third-order valence-electron chi connectivity index (χ3n) is 5.28. The number of carbonyl (C=O) groups is 2. The maximum atomic E-state index is 13.5. The molecule has 1 aromatic carbocycles. The number of benzene rings is 1. The summed E-state index contributed by atoms with van der Waals surface area (Å²) in [5, 5.41) is 1.93. The summed E-state index contributed by atoms with van der Waals surface area (Å²) in [6.45, 7) is 6.35. The van der Waals surface area contributed by atoms with E-state index < -0.39 is 0 Å². The minimum atomic E-state index is -0.283. The summed E-state index contributed by atoms with van der Waals surface area (Å²) < 4.78 is 11.3. The number of thiophene rings is 1. The van der Waals surface area contributed by atoms with Crippen LogP contribution in [0.3, 0.4) is 0 Å². The number of imide groups is 1. The summed E-state index contributed by atoms with van der Waals surface area (Å²) >= 11 is 1.48. The van der Waals surface area contributed by atoms with Gasteiger partial charge in [0.1, 0.15) is 5.70 Å². The Balaban J connectivity index is 1.75. The molecule has 2 amide bonds. The molecule has 0 saturated carbocycles. The van der Waals surface area contributed by atoms with E-state index in [9.17, 15) is 9.59 Å². The topological polar surface area (TPSA) is 59.1 Å². The standard InChI is InChI=1S/C23H26N2O4S/c1-3-28-17-11-10-16(15-18(17)29-4-2)25-22(26)20(19-9-8-14-30-19)21(23(25)27)24-12-6-5-7-13-24/h8-11,14-15H,3-7,12-13H2,1-2H3. The van der Waals surface area contributed by atoms with Crippen LogP contribution in [0.5, 0.6) is 11.5 Å². The number of amides is 2. The van der Waals surface area contributed by atoms with Crippen LogP contribution in [0.25, 0.3) is 5.57 Å². The molecule has 30 heavy (non-hydrogen) atoms. The van der Waals surface area contributed by atoms with Crippen LogP contribution in [0, 0.1) is 0 Å². The van der Waals surface area contributed by atoms with Crippen molar-refractivity contribution in [2.75, 3.05) is 31.2 Å². The zero-order valence-electron chi connectivity index (χ0n) is 17.3. The lowest BCUT2D eigenvalue weighted by molar-refractivity contribution is -0.120. The van der Waals surface area contributed by atoms with Gasteiger partial charge in [-0.2, -0.15) is 0 Å². The lowest BCUT2D eigenvalue weighted by Gasteiger charge is -2.29. The minimum absolute atomic E-state index is 0.267. The van der Waals surface area contributed by atoms with Gasteiger partial charge in [-0.25, -0.2) is 4.90 Å². The minimum Gasteiger partial charge on any atom is -0.490 e. The summed E-state index contributed by atoms with van der Waals surface area (Å²) in [5.41, 5.74) is 1.52.